The molecule has 29 heavy (non-hydrogen) atoms. The van der Waals surface area contributed by atoms with Crippen LogP contribution >= 0.6 is 0 Å². The van der Waals surface area contributed by atoms with Crippen molar-refractivity contribution in [1.29, 1.82) is 0 Å². The van der Waals surface area contributed by atoms with Crippen molar-refractivity contribution >= 4 is 21.7 Å². The van der Waals surface area contributed by atoms with Crippen molar-refractivity contribution in [3.8, 4) is 0 Å². The first-order chi connectivity index (χ1) is 13.9. The Kier molecular flexibility index (Phi) is 6.31. The van der Waals surface area contributed by atoms with E-state index in [4.69, 9.17) is 0 Å². The third kappa shape index (κ3) is 5.22. The second-order valence-electron chi connectivity index (χ2n) is 6.61. The maximum atomic E-state index is 13.1. The highest BCUT2D eigenvalue weighted by Crippen LogP contribution is 2.26. The van der Waals surface area contributed by atoms with Gasteiger partial charge in [-0.05, 0) is 36.2 Å². The summed E-state index contributed by atoms with van der Waals surface area (Å²) in [6, 6.07) is 22.3. The monoisotopic (exact) mass is 410 g/mol. The lowest BCUT2D eigenvalue weighted by molar-refractivity contribution is 0.0696. The Labute approximate surface area is 170 Å². The molecule has 0 aliphatic rings. The number of benzene rings is 3. The number of carboxylic acid groups (broad SMARTS) is 1. The van der Waals surface area contributed by atoms with Crippen molar-refractivity contribution in [3.05, 3.63) is 95.6 Å². The lowest BCUT2D eigenvalue weighted by Gasteiger charge is -2.18. The first kappa shape index (κ1) is 20.6. The Balaban J connectivity index is 1.91. The molecule has 0 aromatic heterocycles. The van der Waals surface area contributed by atoms with E-state index in [-0.39, 0.29) is 10.5 Å². The summed E-state index contributed by atoms with van der Waals surface area (Å²) < 4.78 is 28.8. The van der Waals surface area contributed by atoms with E-state index in [9.17, 15) is 18.3 Å². The lowest BCUT2D eigenvalue weighted by atomic mass is 10.1. The molecule has 0 aliphatic carbocycles. The summed E-state index contributed by atoms with van der Waals surface area (Å²) in [6.45, 7) is 2.15. The SMILES string of the molecule is C[C@H](NS(=O)(=O)c1cc(C(=O)O)ccc1NCc1ccccc1)c1ccccc1. The van der Waals surface area contributed by atoms with Crippen molar-refractivity contribution < 1.29 is 18.3 Å². The Morgan fingerprint density at radius 2 is 1.59 bits per heavy atom. The molecule has 0 saturated heterocycles. The fraction of sp³-hybridized carbons (Fsp3) is 0.136. The second-order valence-corrected chi connectivity index (χ2v) is 8.29. The molecule has 3 rings (SSSR count). The van der Waals surface area contributed by atoms with Gasteiger partial charge in [0.2, 0.25) is 10.0 Å². The van der Waals surface area contributed by atoms with Crippen LogP contribution in [0.1, 0.15) is 34.5 Å². The normalized spacial score (nSPS) is 12.3. The van der Waals surface area contributed by atoms with Crippen LogP contribution in [0.5, 0.6) is 0 Å². The van der Waals surface area contributed by atoms with E-state index < -0.39 is 22.0 Å². The molecular formula is C22H22N2O4S. The Bertz CT molecular complexity index is 1080. The molecular weight excluding hydrogens is 388 g/mol. The van der Waals surface area contributed by atoms with E-state index in [1.54, 1.807) is 6.92 Å². The number of carbonyl (C=O) groups is 1. The third-order valence-electron chi connectivity index (χ3n) is 4.48. The number of carboxylic acids is 1. The Morgan fingerprint density at radius 1 is 0.966 bits per heavy atom. The summed E-state index contributed by atoms with van der Waals surface area (Å²) in [5.41, 5.74) is 2.03. The van der Waals surface area contributed by atoms with Crippen LogP contribution in [-0.4, -0.2) is 19.5 Å². The van der Waals surface area contributed by atoms with E-state index >= 15 is 0 Å². The first-order valence-electron chi connectivity index (χ1n) is 9.09. The zero-order valence-corrected chi connectivity index (χ0v) is 16.7. The maximum absolute atomic E-state index is 13.1. The van der Waals surface area contributed by atoms with Gasteiger partial charge in [0.1, 0.15) is 4.90 Å². The molecule has 0 bridgehead atoms. The second kappa shape index (κ2) is 8.89. The molecule has 3 aromatic rings. The van der Waals surface area contributed by atoms with Gasteiger partial charge in [-0.2, -0.15) is 0 Å². The van der Waals surface area contributed by atoms with E-state index in [0.29, 0.717) is 12.2 Å². The Hall–Kier alpha value is -3.16. The van der Waals surface area contributed by atoms with Crippen molar-refractivity contribution in [2.24, 2.45) is 0 Å². The summed E-state index contributed by atoms with van der Waals surface area (Å²) in [6.07, 6.45) is 0. The van der Waals surface area contributed by atoms with Crippen LogP contribution in [0.2, 0.25) is 0 Å². The van der Waals surface area contributed by atoms with Gasteiger partial charge >= 0.3 is 5.97 Å². The molecule has 0 heterocycles. The van der Waals surface area contributed by atoms with Crippen LogP contribution in [0, 0.1) is 0 Å². The minimum Gasteiger partial charge on any atom is -0.478 e. The number of nitrogens with one attached hydrogen (secondary N) is 2. The smallest absolute Gasteiger partial charge is 0.335 e. The minimum atomic E-state index is -3.97. The van der Waals surface area contributed by atoms with Crippen molar-refractivity contribution in [1.82, 2.24) is 4.72 Å². The molecule has 0 fully saturated rings. The van der Waals surface area contributed by atoms with Gasteiger partial charge < -0.3 is 10.4 Å². The van der Waals surface area contributed by atoms with Gasteiger partial charge in [-0.25, -0.2) is 17.9 Å². The Morgan fingerprint density at radius 3 is 2.21 bits per heavy atom. The third-order valence-corrected chi connectivity index (χ3v) is 6.06. The number of hydrogen-bond acceptors (Lipinski definition) is 4. The molecule has 0 aliphatic heterocycles. The number of sulfonamides is 1. The number of hydrogen-bond donors (Lipinski definition) is 3. The van der Waals surface area contributed by atoms with Crippen LogP contribution in [0.25, 0.3) is 0 Å². The lowest BCUT2D eigenvalue weighted by Crippen LogP contribution is -2.28. The van der Waals surface area contributed by atoms with Crippen LogP contribution in [0.3, 0.4) is 0 Å². The molecule has 1 atom stereocenters. The van der Waals surface area contributed by atoms with Gasteiger partial charge in [-0.15, -0.1) is 0 Å². The van der Waals surface area contributed by atoms with Crippen molar-refractivity contribution in [2.45, 2.75) is 24.4 Å². The highest BCUT2D eigenvalue weighted by molar-refractivity contribution is 7.89. The average Bonchev–Trinajstić information content (AvgIpc) is 2.73. The first-order valence-corrected chi connectivity index (χ1v) is 10.6. The maximum Gasteiger partial charge on any atom is 0.335 e. The predicted molar refractivity (Wildman–Crippen MR) is 112 cm³/mol. The standard InChI is InChI=1S/C22H22N2O4S/c1-16(18-10-6-3-7-11-18)24-29(27,28)21-14-19(22(25)26)12-13-20(21)23-15-17-8-4-2-5-9-17/h2-14,16,23-24H,15H2,1H3,(H,25,26)/t16-/m0/s1. The van der Waals surface area contributed by atoms with E-state index in [2.05, 4.69) is 10.0 Å². The highest BCUT2D eigenvalue weighted by atomic mass is 32.2. The van der Waals surface area contributed by atoms with Gasteiger partial charge in [-0.3, -0.25) is 0 Å². The van der Waals surface area contributed by atoms with Crippen molar-refractivity contribution in [3.63, 3.8) is 0 Å². The van der Waals surface area contributed by atoms with Gasteiger partial charge in [0.15, 0.2) is 0 Å². The molecule has 3 aromatic carbocycles. The molecule has 0 unspecified atom stereocenters. The fourth-order valence-corrected chi connectivity index (χ4v) is 4.36. The zero-order valence-electron chi connectivity index (χ0n) is 15.9. The number of anilines is 1. The summed E-state index contributed by atoms with van der Waals surface area (Å²) in [4.78, 5) is 11.3. The van der Waals surface area contributed by atoms with E-state index in [0.717, 1.165) is 11.1 Å². The van der Waals surface area contributed by atoms with Gasteiger partial charge in [-0.1, -0.05) is 60.7 Å². The minimum absolute atomic E-state index is 0.0944. The summed E-state index contributed by atoms with van der Waals surface area (Å²) >= 11 is 0. The van der Waals surface area contributed by atoms with Gasteiger partial charge in [0.25, 0.3) is 0 Å². The van der Waals surface area contributed by atoms with Crippen molar-refractivity contribution in [2.75, 3.05) is 5.32 Å². The number of rotatable bonds is 8. The molecule has 0 spiro atoms. The van der Waals surface area contributed by atoms with Crippen LogP contribution in [-0.2, 0) is 16.6 Å². The molecule has 3 N–H and O–H groups in total. The van der Waals surface area contributed by atoms with E-state index in [1.807, 2.05) is 60.7 Å². The zero-order chi connectivity index (χ0) is 20.9. The van der Waals surface area contributed by atoms with E-state index in [1.165, 1.54) is 18.2 Å². The molecule has 0 saturated carbocycles. The largest absolute Gasteiger partial charge is 0.478 e. The quantitative estimate of drug-likeness (QED) is 0.521. The van der Waals surface area contributed by atoms with Crippen LogP contribution in [0.15, 0.2) is 83.8 Å². The molecule has 0 radical (unpaired) electrons. The molecule has 0 amide bonds. The summed E-state index contributed by atoms with van der Waals surface area (Å²) in [5, 5.41) is 12.4. The fourth-order valence-electron chi connectivity index (χ4n) is 2.92. The average molecular weight is 410 g/mol. The topological polar surface area (TPSA) is 95.5 Å². The molecule has 7 heteroatoms. The summed E-state index contributed by atoms with van der Waals surface area (Å²) in [7, 11) is -3.97. The highest BCUT2D eigenvalue weighted by Gasteiger charge is 2.23. The van der Waals surface area contributed by atoms with Crippen LogP contribution in [0.4, 0.5) is 5.69 Å². The molecule has 6 nitrogen and oxygen atoms in total. The van der Waals surface area contributed by atoms with Gasteiger partial charge in [0.05, 0.1) is 11.3 Å². The molecule has 150 valence electrons. The van der Waals surface area contributed by atoms with Crippen LogP contribution < -0.4 is 10.0 Å². The predicted octanol–water partition coefficient (Wildman–Crippen LogP) is 4.04. The van der Waals surface area contributed by atoms with Gasteiger partial charge in [0, 0.05) is 12.6 Å². The summed E-state index contributed by atoms with van der Waals surface area (Å²) in [5.74, 6) is -1.19. The number of aromatic carboxylic acids is 1.